The number of thioether (sulfide) groups is 1. The van der Waals surface area contributed by atoms with Crippen molar-refractivity contribution in [3.63, 3.8) is 0 Å². The predicted octanol–water partition coefficient (Wildman–Crippen LogP) is 7.63. The molecule has 0 spiro atoms. The van der Waals surface area contributed by atoms with Crippen molar-refractivity contribution in [1.29, 1.82) is 0 Å². The van der Waals surface area contributed by atoms with Crippen molar-refractivity contribution in [2.24, 2.45) is 0 Å². The fraction of sp³-hybridized carbons (Fsp3) is 0.250. The second-order valence-corrected chi connectivity index (χ2v) is 10.5. The Hall–Kier alpha value is -3.97. The summed E-state index contributed by atoms with van der Waals surface area (Å²) in [4.78, 5) is 24.0. The molecule has 0 saturated carbocycles. The number of carbonyl (C=O) groups excluding carboxylic acids is 2. The first-order valence-corrected chi connectivity index (χ1v) is 14.0. The van der Waals surface area contributed by atoms with Crippen LogP contribution >= 0.6 is 11.8 Å². The van der Waals surface area contributed by atoms with Gasteiger partial charge in [0, 0.05) is 23.6 Å². The number of ether oxygens (including phenoxy) is 3. The lowest BCUT2D eigenvalue weighted by molar-refractivity contribution is -0.115. The lowest BCUT2D eigenvalue weighted by atomic mass is 9.93. The molecule has 4 aromatic rings. The maximum atomic E-state index is 12.3. The van der Waals surface area contributed by atoms with Crippen LogP contribution in [0.5, 0.6) is 23.0 Å². The molecule has 6 nitrogen and oxygen atoms in total. The number of hydrogen-bond donors (Lipinski definition) is 1. The minimum absolute atomic E-state index is 0.213. The van der Waals surface area contributed by atoms with Gasteiger partial charge in [0.1, 0.15) is 28.5 Å². The summed E-state index contributed by atoms with van der Waals surface area (Å²) in [5, 5.41) is 4.43. The van der Waals surface area contributed by atoms with Crippen LogP contribution in [0.1, 0.15) is 37.8 Å². The predicted molar refractivity (Wildman–Crippen MR) is 155 cm³/mol. The minimum Gasteiger partial charge on any atom is -0.493 e. The largest absolute Gasteiger partial charge is 0.493 e. The standard InChI is InChI=1S/C32H31NO5S/c1-3-9-23-20-26(38-29-15-6-11-22-10-4-5-14-27(22)29)16-17-28(23)37-19-8-18-36-25-13-7-12-24(21-25)32(2)30(34)39-31(35)33-32/h4-7,10-17,20-21H,3,8-9,18-19H2,1-2H3,(H,33,35). The number of fused-ring (bicyclic) bond motifs is 1. The van der Waals surface area contributed by atoms with E-state index in [0.717, 1.165) is 46.4 Å². The molecule has 5 rings (SSSR count). The Morgan fingerprint density at radius 3 is 2.44 bits per heavy atom. The summed E-state index contributed by atoms with van der Waals surface area (Å²) in [5.41, 5.74) is 0.775. The van der Waals surface area contributed by atoms with Gasteiger partial charge in [0.2, 0.25) is 5.12 Å². The van der Waals surface area contributed by atoms with Gasteiger partial charge in [-0.25, -0.2) is 0 Å². The molecular weight excluding hydrogens is 510 g/mol. The lowest BCUT2D eigenvalue weighted by Crippen LogP contribution is -2.39. The molecule has 1 heterocycles. The molecule has 1 N–H and O–H groups in total. The van der Waals surface area contributed by atoms with Crippen molar-refractivity contribution >= 4 is 32.9 Å². The highest BCUT2D eigenvalue weighted by molar-refractivity contribution is 8.26. The molecule has 0 aromatic heterocycles. The van der Waals surface area contributed by atoms with E-state index in [4.69, 9.17) is 14.2 Å². The SMILES string of the molecule is CCCc1cc(Oc2cccc3ccccc23)ccc1OCCCOc1cccc(C2(C)NC(=O)SC2=O)c1. The van der Waals surface area contributed by atoms with Crippen LogP contribution in [0, 0.1) is 0 Å². The van der Waals surface area contributed by atoms with E-state index in [-0.39, 0.29) is 10.4 Å². The van der Waals surface area contributed by atoms with Crippen LogP contribution in [0.3, 0.4) is 0 Å². The Bertz CT molecular complexity index is 1500. The summed E-state index contributed by atoms with van der Waals surface area (Å²) >= 11 is 0.702. The summed E-state index contributed by atoms with van der Waals surface area (Å²) in [6.45, 7) is 4.82. The van der Waals surface area contributed by atoms with Crippen molar-refractivity contribution in [3.05, 3.63) is 96.1 Å². The molecule has 200 valence electrons. The molecule has 1 fully saturated rings. The van der Waals surface area contributed by atoms with Gasteiger partial charge in [0.15, 0.2) is 0 Å². The van der Waals surface area contributed by atoms with E-state index in [1.165, 1.54) is 0 Å². The number of nitrogens with one attached hydrogen (secondary N) is 1. The normalized spacial score (nSPS) is 16.8. The van der Waals surface area contributed by atoms with E-state index in [0.29, 0.717) is 42.7 Å². The maximum absolute atomic E-state index is 12.3. The maximum Gasteiger partial charge on any atom is 0.287 e. The van der Waals surface area contributed by atoms with E-state index >= 15 is 0 Å². The monoisotopic (exact) mass is 541 g/mol. The highest BCUT2D eigenvalue weighted by Crippen LogP contribution is 2.35. The van der Waals surface area contributed by atoms with Crippen LogP contribution in [0.25, 0.3) is 10.8 Å². The van der Waals surface area contributed by atoms with Gasteiger partial charge < -0.3 is 19.5 Å². The molecule has 39 heavy (non-hydrogen) atoms. The average Bonchev–Trinajstić information content (AvgIpc) is 3.21. The van der Waals surface area contributed by atoms with Crippen molar-refractivity contribution in [2.75, 3.05) is 13.2 Å². The molecule has 1 saturated heterocycles. The minimum atomic E-state index is -1.04. The molecule has 1 unspecified atom stereocenters. The Labute approximate surface area is 232 Å². The highest BCUT2D eigenvalue weighted by atomic mass is 32.2. The first-order chi connectivity index (χ1) is 19.0. The summed E-state index contributed by atoms with van der Waals surface area (Å²) in [6, 6.07) is 27.5. The zero-order chi connectivity index (χ0) is 27.2. The van der Waals surface area contributed by atoms with Crippen LogP contribution in [-0.2, 0) is 16.8 Å². The van der Waals surface area contributed by atoms with Crippen LogP contribution < -0.4 is 19.5 Å². The number of rotatable bonds is 11. The van der Waals surface area contributed by atoms with Crippen LogP contribution in [0.2, 0.25) is 0 Å². The van der Waals surface area contributed by atoms with Gasteiger partial charge in [0.05, 0.1) is 13.2 Å². The van der Waals surface area contributed by atoms with Gasteiger partial charge in [-0.2, -0.15) is 0 Å². The molecule has 1 amide bonds. The first-order valence-electron chi connectivity index (χ1n) is 13.2. The third-order valence-corrected chi connectivity index (χ3v) is 7.58. The number of carbonyl (C=O) groups is 2. The van der Waals surface area contributed by atoms with E-state index in [1.54, 1.807) is 13.0 Å². The zero-order valence-electron chi connectivity index (χ0n) is 22.1. The fourth-order valence-electron chi connectivity index (χ4n) is 4.62. The van der Waals surface area contributed by atoms with Gasteiger partial charge in [-0.3, -0.25) is 9.59 Å². The molecule has 0 radical (unpaired) electrons. The molecule has 1 aliphatic rings. The average molecular weight is 542 g/mol. The highest BCUT2D eigenvalue weighted by Gasteiger charge is 2.44. The van der Waals surface area contributed by atoms with Crippen molar-refractivity contribution in [3.8, 4) is 23.0 Å². The van der Waals surface area contributed by atoms with Crippen LogP contribution in [-0.4, -0.2) is 23.6 Å². The Kier molecular flexibility index (Phi) is 8.07. The van der Waals surface area contributed by atoms with Crippen molar-refractivity contribution < 1.29 is 23.8 Å². The first kappa shape index (κ1) is 26.6. The number of hydrogen-bond acceptors (Lipinski definition) is 6. The summed E-state index contributed by atoms with van der Waals surface area (Å²) in [6.07, 6.45) is 2.57. The van der Waals surface area contributed by atoms with Crippen molar-refractivity contribution in [1.82, 2.24) is 5.32 Å². The lowest BCUT2D eigenvalue weighted by Gasteiger charge is -2.22. The van der Waals surface area contributed by atoms with E-state index in [1.807, 2.05) is 54.6 Å². The summed E-state index contributed by atoms with van der Waals surface area (Å²) < 4.78 is 18.3. The van der Waals surface area contributed by atoms with Crippen molar-refractivity contribution in [2.45, 2.75) is 38.6 Å². The zero-order valence-corrected chi connectivity index (χ0v) is 22.9. The molecular formula is C32H31NO5S. The second kappa shape index (κ2) is 11.8. The topological polar surface area (TPSA) is 73.9 Å². The number of benzene rings is 4. The summed E-state index contributed by atoms with van der Waals surface area (Å²) in [5.74, 6) is 3.12. The molecule has 7 heteroatoms. The fourth-order valence-corrected chi connectivity index (χ4v) is 5.42. The van der Waals surface area contributed by atoms with Crippen LogP contribution in [0.4, 0.5) is 4.79 Å². The van der Waals surface area contributed by atoms with Gasteiger partial charge >= 0.3 is 0 Å². The number of amides is 1. The van der Waals surface area contributed by atoms with Gasteiger partial charge in [-0.05, 0) is 66.3 Å². The number of aryl methyl sites for hydroxylation is 1. The third kappa shape index (κ3) is 6.04. The summed E-state index contributed by atoms with van der Waals surface area (Å²) in [7, 11) is 0. The quantitative estimate of drug-likeness (QED) is 0.197. The van der Waals surface area contributed by atoms with E-state index < -0.39 is 5.54 Å². The molecule has 1 aliphatic heterocycles. The Morgan fingerprint density at radius 2 is 1.62 bits per heavy atom. The second-order valence-electron chi connectivity index (χ2n) is 9.60. The smallest absolute Gasteiger partial charge is 0.287 e. The Morgan fingerprint density at radius 1 is 0.821 bits per heavy atom. The molecule has 4 aromatic carbocycles. The van der Waals surface area contributed by atoms with Gasteiger partial charge in [-0.1, -0.05) is 61.9 Å². The Balaban J connectivity index is 1.17. The molecule has 0 aliphatic carbocycles. The molecule has 1 atom stereocenters. The van der Waals surface area contributed by atoms with Crippen LogP contribution in [0.15, 0.2) is 84.9 Å². The van der Waals surface area contributed by atoms with E-state index in [2.05, 4.69) is 36.5 Å². The van der Waals surface area contributed by atoms with Gasteiger partial charge in [0.25, 0.3) is 5.24 Å². The molecule has 0 bridgehead atoms. The van der Waals surface area contributed by atoms with E-state index in [9.17, 15) is 9.59 Å². The third-order valence-electron chi connectivity index (χ3n) is 6.70. The van der Waals surface area contributed by atoms with Gasteiger partial charge in [-0.15, -0.1) is 0 Å².